The Bertz CT molecular complexity index is 1470. The van der Waals surface area contributed by atoms with Crippen LogP contribution >= 0.6 is 12.2 Å². The molecule has 0 N–H and O–H groups in total. The van der Waals surface area contributed by atoms with Gasteiger partial charge in [-0.1, -0.05) is 12.2 Å². The van der Waals surface area contributed by atoms with Crippen molar-refractivity contribution in [1.29, 1.82) is 5.26 Å². The quantitative estimate of drug-likeness (QED) is 0.191. The summed E-state index contributed by atoms with van der Waals surface area (Å²) in [5.41, 5.74) is 0.319. The molecule has 5 atom stereocenters. The number of pyridine rings is 1. The summed E-state index contributed by atoms with van der Waals surface area (Å²) in [6.07, 6.45) is -5.70. The summed E-state index contributed by atoms with van der Waals surface area (Å²) in [4.78, 5) is 61.1. The van der Waals surface area contributed by atoms with Gasteiger partial charge in [-0.25, -0.2) is 0 Å². The lowest BCUT2D eigenvalue weighted by atomic mass is 9.94. The number of rotatable bonds is 8. The molecule has 0 aromatic carbocycles. The molecule has 1 fully saturated rings. The lowest BCUT2D eigenvalue weighted by molar-refractivity contribution is -0.269. The molecule has 0 saturated carbocycles. The first kappa shape index (κ1) is 31.2. The van der Waals surface area contributed by atoms with Gasteiger partial charge in [-0.2, -0.15) is 5.26 Å². The van der Waals surface area contributed by atoms with Gasteiger partial charge in [0.2, 0.25) is 0 Å². The van der Waals surface area contributed by atoms with Crippen LogP contribution in [0.2, 0.25) is 0 Å². The monoisotopic (exact) mass is 588 g/mol. The summed E-state index contributed by atoms with van der Waals surface area (Å²) in [7, 11) is 0. The van der Waals surface area contributed by atoms with Gasteiger partial charge >= 0.3 is 23.9 Å². The van der Waals surface area contributed by atoms with Gasteiger partial charge in [0.05, 0.1) is 17.4 Å². The molecule has 1 aliphatic heterocycles. The summed E-state index contributed by atoms with van der Waals surface area (Å²) in [6, 6.07) is 5.16. The van der Waals surface area contributed by atoms with Crippen LogP contribution in [0.3, 0.4) is 0 Å². The van der Waals surface area contributed by atoms with E-state index in [4.69, 9.17) is 40.3 Å². The average Bonchev–Trinajstić information content (AvgIpc) is 3.39. The molecule has 0 amide bonds. The van der Waals surface area contributed by atoms with E-state index >= 15 is 0 Å². The second-order valence-electron chi connectivity index (χ2n) is 9.12. The highest BCUT2D eigenvalue weighted by atomic mass is 32.1. The number of nitriles is 1. The molecule has 1 aliphatic rings. The molecule has 218 valence electrons. The minimum atomic E-state index is -1.50. The Balaban J connectivity index is 2.37. The number of Topliss-reactive ketones (excluding diaryl/α,β-unsaturated/α-hetero) is 1. The van der Waals surface area contributed by atoms with E-state index in [0.717, 1.165) is 27.7 Å². The molecule has 0 spiro atoms. The predicted octanol–water partition coefficient (Wildman–Crippen LogP) is 3.12. The summed E-state index contributed by atoms with van der Waals surface area (Å²) in [6.45, 7) is 6.81. The maximum absolute atomic E-state index is 13.0. The average molecular weight is 589 g/mol. The number of hydrogen-bond acceptors (Lipinski definition) is 13. The fraction of sp³-hybridized carbons (Fsp3) is 0.444. The van der Waals surface area contributed by atoms with Gasteiger partial charge in [0, 0.05) is 39.0 Å². The summed E-state index contributed by atoms with van der Waals surface area (Å²) >= 11 is 5.69. The molecule has 0 unspecified atom stereocenters. The van der Waals surface area contributed by atoms with Crippen molar-refractivity contribution >= 4 is 41.9 Å². The van der Waals surface area contributed by atoms with Gasteiger partial charge in [0.15, 0.2) is 30.3 Å². The van der Waals surface area contributed by atoms with Crippen LogP contribution in [0.1, 0.15) is 62.5 Å². The van der Waals surface area contributed by atoms with Gasteiger partial charge < -0.3 is 32.7 Å². The van der Waals surface area contributed by atoms with Crippen LogP contribution in [-0.4, -0.2) is 65.3 Å². The zero-order chi connectivity index (χ0) is 30.6. The van der Waals surface area contributed by atoms with Gasteiger partial charge in [0.1, 0.15) is 29.2 Å². The van der Waals surface area contributed by atoms with Crippen molar-refractivity contribution < 1.29 is 52.1 Å². The van der Waals surface area contributed by atoms with Crippen molar-refractivity contribution in [2.75, 3.05) is 6.61 Å². The first-order valence-corrected chi connectivity index (χ1v) is 12.7. The van der Waals surface area contributed by atoms with Crippen LogP contribution in [0.15, 0.2) is 22.8 Å². The number of aromatic nitrogens is 1. The maximum atomic E-state index is 13.0. The van der Waals surface area contributed by atoms with Crippen LogP contribution in [0, 0.1) is 22.9 Å². The number of carbonyl (C=O) groups is 5. The van der Waals surface area contributed by atoms with Crippen molar-refractivity contribution in [3.8, 4) is 17.4 Å². The Morgan fingerprint density at radius 2 is 1.54 bits per heavy atom. The van der Waals surface area contributed by atoms with E-state index in [9.17, 15) is 29.2 Å². The third-order valence-electron chi connectivity index (χ3n) is 6.11. The van der Waals surface area contributed by atoms with E-state index in [1.54, 1.807) is 12.1 Å². The number of hydrogen-bond donors (Lipinski definition) is 0. The van der Waals surface area contributed by atoms with E-state index in [0.29, 0.717) is 0 Å². The summed E-state index contributed by atoms with van der Waals surface area (Å²) in [5.74, 6) is -3.32. The molecule has 1 saturated heterocycles. The highest BCUT2D eigenvalue weighted by Crippen LogP contribution is 2.39. The molecule has 0 bridgehead atoms. The van der Waals surface area contributed by atoms with Crippen molar-refractivity contribution in [1.82, 2.24) is 4.57 Å². The van der Waals surface area contributed by atoms with E-state index in [1.165, 1.54) is 24.7 Å². The molecule has 14 heteroatoms. The lowest BCUT2D eigenvalue weighted by Gasteiger charge is -2.45. The molecule has 3 rings (SSSR count). The molecule has 41 heavy (non-hydrogen) atoms. The highest BCUT2D eigenvalue weighted by Gasteiger charge is 2.53. The summed E-state index contributed by atoms with van der Waals surface area (Å²) in [5, 5.41) is 10.1. The van der Waals surface area contributed by atoms with Crippen LogP contribution < -0.4 is 0 Å². The van der Waals surface area contributed by atoms with Crippen molar-refractivity contribution in [2.24, 2.45) is 0 Å². The number of esters is 4. The Hall–Kier alpha value is -4.35. The Morgan fingerprint density at radius 1 is 0.951 bits per heavy atom. The van der Waals surface area contributed by atoms with Gasteiger partial charge in [-0.15, -0.1) is 0 Å². The smallest absolute Gasteiger partial charge is 0.303 e. The molecule has 0 aliphatic carbocycles. The van der Waals surface area contributed by atoms with Gasteiger partial charge in [-0.3, -0.25) is 24.0 Å². The van der Waals surface area contributed by atoms with Crippen LogP contribution in [0.5, 0.6) is 0 Å². The van der Waals surface area contributed by atoms with Crippen LogP contribution in [-0.2, 0) is 42.9 Å². The molecule has 13 nitrogen and oxygen atoms in total. The number of ether oxygens (including phenoxy) is 5. The molecule has 0 radical (unpaired) electrons. The second-order valence-corrected chi connectivity index (χ2v) is 9.51. The third-order valence-corrected chi connectivity index (χ3v) is 6.51. The fourth-order valence-corrected chi connectivity index (χ4v) is 5.12. The third kappa shape index (κ3) is 6.69. The van der Waals surface area contributed by atoms with Gasteiger partial charge in [0.25, 0.3) is 0 Å². The van der Waals surface area contributed by atoms with E-state index in [-0.39, 0.29) is 32.8 Å². The number of furan rings is 1. The molecular formula is C27H28N2O11S. The summed E-state index contributed by atoms with van der Waals surface area (Å²) < 4.78 is 34.4. The zero-order valence-electron chi connectivity index (χ0n) is 23.1. The molecular weight excluding hydrogens is 560 g/mol. The number of ketones is 1. The molecule has 2 aromatic heterocycles. The van der Waals surface area contributed by atoms with E-state index in [1.807, 2.05) is 6.07 Å². The second kappa shape index (κ2) is 12.9. The normalized spacial score (nSPS) is 21.7. The van der Waals surface area contributed by atoms with E-state index in [2.05, 4.69) is 0 Å². The Kier molecular flexibility index (Phi) is 9.79. The number of carbonyl (C=O) groups excluding carboxylic acids is 5. The largest absolute Gasteiger partial charge is 0.464 e. The van der Waals surface area contributed by atoms with Crippen molar-refractivity contribution in [3.05, 3.63) is 39.9 Å². The standard InChI is InChI=1S/C27H28N2O11S/c1-12-21(13(2)30)22(19-8-7-9-35-19)18(10-28)27(41)29(12)26-25(39-17(6)34)24(38-16(5)33)23(37-15(4)32)20(40-26)11-36-14(3)31/h7-9,20,23-26H,11H2,1-6H3/t20-,23+,24+,25-,26-/m0/s1. The van der Waals surface area contributed by atoms with Crippen molar-refractivity contribution in [3.63, 3.8) is 0 Å². The number of nitrogens with zero attached hydrogens (tertiary/aromatic N) is 2. The zero-order valence-corrected chi connectivity index (χ0v) is 23.9. The Labute approximate surface area is 239 Å². The molecule has 2 aromatic rings. The highest BCUT2D eigenvalue weighted by molar-refractivity contribution is 7.71. The fourth-order valence-electron chi connectivity index (χ4n) is 4.73. The van der Waals surface area contributed by atoms with Gasteiger partial charge in [-0.05, 0) is 26.0 Å². The SMILES string of the molecule is CC(=O)OC[C@@H]1O[C@H](n2c(C)c(C(C)=O)c(-c3ccco3)c(C#N)c2=S)[C@@H](OC(C)=O)[C@H](OC(C)=O)[C@@H]1OC(C)=O. The molecule has 3 heterocycles. The lowest BCUT2D eigenvalue weighted by Crippen LogP contribution is -2.60. The predicted molar refractivity (Wildman–Crippen MR) is 140 cm³/mol. The van der Waals surface area contributed by atoms with Crippen LogP contribution in [0.25, 0.3) is 11.3 Å². The van der Waals surface area contributed by atoms with Crippen molar-refractivity contribution in [2.45, 2.75) is 72.2 Å². The minimum Gasteiger partial charge on any atom is -0.464 e. The van der Waals surface area contributed by atoms with E-state index < -0.39 is 66.9 Å². The Morgan fingerprint density at radius 3 is 2.02 bits per heavy atom. The first-order valence-electron chi connectivity index (χ1n) is 12.3. The minimum absolute atomic E-state index is 0.0676. The first-order chi connectivity index (χ1) is 19.3. The maximum Gasteiger partial charge on any atom is 0.303 e. The topological polar surface area (TPSA) is 173 Å². The van der Waals surface area contributed by atoms with Crippen LogP contribution in [0.4, 0.5) is 0 Å².